The van der Waals surface area contributed by atoms with Crippen molar-refractivity contribution in [3.8, 4) is 0 Å². The van der Waals surface area contributed by atoms with Crippen LogP contribution in [0, 0.1) is 11.7 Å². The minimum Gasteiger partial charge on any atom is -0.379 e. The Morgan fingerprint density at radius 1 is 1.43 bits per heavy atom. The summed E-state index contributed by atoms with van der Waals surface area (Å²) in [5, 5.41) is 2.83. The quantitative estimate of drug-likeness (QED) is 0.849. The number of amides is 1. The number of sulfonamides is 1. The first-order chi connectivity index (χ1) is 10.7. The molecule has 1 aliphatic heterocycles. The fraction of sp³-hybridized carbons (Fsp3) is 0.500. The number of nitrogens with zero attached hydrogens (tertiary/aromatic N) is 1. The number of nitrogens with one attached hydrogen (secondary N) is 1. The first-order valence-electron chi connectivity index (χ1n) is 6.94. The van der Waals surface area contributed by atoms with E-state index in [1.54, 1.807) is 0 Å². The highest BCUT2D eigenvalue weighted by atomic mass is 35.5. The summed E-state index contributed by atoms with van der Waals surface area (Å²) < 4.78 is 44.1. The Morgan fingerprint density at radius 2 is 2.13 bits per heavy atom. The Hall–Kier alpha value is -1.22. The van der Waals surface area contributed by atoms with Crippen molar-refractivity contribution in [1.82, 2.24) is 9.62 Å². The lowest BCUT2D eigenvalue weighted by Gasteiger charge is -2.21. The van der Waals surface area contributed by atoms with Crippen molar-refractivity contribution < 1.29 is 22.3 Å². The maximum Gasteiger partial charge on any atom is 0.254 e. The highest BCUT2D eigenvalue weighted by Gasteiger charge is 2.34. The monoisotopic (exact) mass is 364 g/mol. The van der Waals surface area contributed by atoms with Crippen LogP contribution in [-0.2, 0) is 14.8 Å². The highest BCUT2D eigenvalue weighted by molar-refractivity contribution is 7.89. The lowest BCUT2D eigenvalue weighted by molar-refractivity contribution is 0.0922. The van der Waals surface area contributed by atoms with Crippen LogP contribution in [0.2, 0.25) is 5.02 Å². The summed E-state index contributed by atoms with van der Waals surface area (Å²) in [4.78, 5) is 12.2. The van der Waals surface area contributed by atoms with Gasteiger partial charge in [-0.2, -0.15) is 0 Å². The molecule has 0 radical (unpaired) electrons. The summed E-state index contributed by atoms with van der Waals surface area (Å²) in [5.74, 6) is -1.89. The van der Waals surface area contributed by atoms with E-state index in [-0.39, 0.29) is 35.5 Å². The largest absolute Gasteiger partial charge is 0.379 e. The zero-order chi connectivity index (χ0) is 17.2. The van der Waals surface area contributed by atoms with E-state index >= 15 is 0 Å². The van der Waals surface area contributed by atoms with E-state index in [0.29, 0.717) is 0 Å². The van der Waals surface area contributed by atoms with Gasteiger partial charge in [0.15, 0.2) is 0 Å². The fourth-order valence-electron chi connectivity index (χ4n) is 2.26. The number of carbonyl (C=O) groups is 1. The molecule has 1 fully saturated rings. The minimum atomic E-state index is -3.42. The zero-order valence-corrected chi connectivity index (χ0v) is 14.3. The second kappa shape index (κ2) is 7.12. The van der Waals surface area contributed by atoms with Crippen LogP contribution < -0.4 is 5.32 Å². The van der Waals surface area contributed by atoms with E-state index in [2.05, 4.69) is 5.32 Å². The second-order valence-electron chi connectivity index (χ2n) is 5.56. The predicted octanol–water partition coefficient (Wildman–Crippen LogP) is 1.12. The molecule has 9 heteroatoms. The molecule has 2 atom stereocenters. The summed E-state index contributed by atoms with van der Waals surface area (Å²) in [6, 6.07) is 3.26. The van der Waals surface area contributed by atoms with Crippen molar-refractivity contribution in [3.63, 3.8) is 0 Å². The first kappa shape index (κ1) is 18.1. The van der Waals surface area contributed by atoms with E-state index in [0.717, 1.165) is 10.4 Å². The maximum absolute atomic E-state index is 13.8. The summed E-state index contributed by atoms with van der Waals surface area (Å²) in [6.07, 6.45) is 0. The predicted molar refractivity (Wildman–Crippen MR) is 84.4 cm³/mol. The average molecular weight is 365 g/mol. The molecule has 1 amide bonds. The van der Waals surface area contributed by atoms with E-state index in [4.69, 9.17) is 16.3 Å². The SMILES string of the molecule is CN(C)S(=O)(=O)C[C@@H]1COC[C@@H]1NC(=O)c1ccc(Cl)cc1F. The summed E-state index contributed by atoms with van der Waals surface area (Å²) in [7, 11) is -0.526. The van der Waals surface area contributed by atoms with Crippen LogP contribution in [0.4, 0.5) is 4.39 Å². The van der Waals surface area contributed by atoms with Crippen LogP contribution in [0.15, 0.2) is 18.2 Å². The second-order valence-corrected chi connectivity index (χ2v) is 8.23. The summed E-state index contributed by atoms with van der Waals surface area (Å²) in [5.41, 5.74) is -0.143. The van der Waals surface area contributed by atoms with Crippen molar-refractivity contribution in [3.05, 3.63) is 34.6 Å². The molecule has 128 valence electrons. The van der Waals surface area contributed by atoms with Crippen LogP contribution in [0.3, 0.4) is 0 Å². The van der Waals surface area contributed by atoms with Gasteiger partial charge in [-0.1, -0.05) is 11.6 Å². The molecule has 0 spiro atoms. The molecule has 1 N–H and O–H groups in total. The molecule has 6 nitrogen and oxygen atoms in total. The molecule has 0 aliphatic carbocycles. The highest BCUT2D eigenvalue weighted by Crippen LogP contribution is 2.19. The number of hydrogen-bond acceptors (Lipinski definition) is 4. The third-order valence-electron chi connectivity index (χ3n) is 3.67. The van der Waals surface area contributed by atoms with E-state index in [9.17, 15) is 17.6 Å². The standard InChI is InChI=1S/C14H18ClFN2O4S/c1-18(2)23(20,21)8-9-6-22-7-13(9)17-14(19)11-4-3-10(15)5-12(11)16/h3-5,9,13H,6-8H2,1-2H3,(H,17,19)/t9-,13-/m0/s1. The molecule has 2 rings (SSSR count). The van der Waals surface area contributed by atoms with Gasteiger partial charge >= 0.3 is 0 Å². The normalized spacial score (nSPS) is 21.6. The van der Waals surface area contributed by atoms with Gasteiger partial charge in [0, 0.05) is 25.0 Å². The molecule has 1 aromatic rings. The van der Waals surface area contributed by atoms with Gasteiger partial charge in [-0.15, -0.1) is 0 Å². The van der Waals surface area contributed by atoms with E-state index < -0.39 is 27.8 Å². The van der Waals surface area contributed by atoms with Crippen molar-refractivity contribution in [2.45, 2.75) is 6.04 Å². The molecule has 1 heterocycles. The Kier molecular flexibility index (Phi) is 5.61. The number of hydrogen-bond donors (Lipinski definition) is 1. The van der Waals surface area contributed by atoms with Gasteiger partial charge in [-0.05, 0) is 18.2 Å². The molecule has 0 bridgehead atoms. The van der Waals surface area contributed by atoms with Gasteiger partial charge < -0.3 is 10.1 Å². The molecule has 1 saturated heterocycles. The molecular weight excluding hydrogens is 347 g/mol. The minimum absolute atomic E-state index is 0.143. The van der Waals surface area contributed by atoms with Crippen molar-refractivity contribution >= 4 is 27.5 Å². The van der Waals surface area contributed by atoms with Crippen LogP contribution in [0.5, 0.6) is 0 Å². The summed E-state index contributed by atoms with van der Waals surface area (Å²) in [6.45, 7) is 0.412. The number of ether oxygens (including phenoxy) is 1. The van der Waals surface area contributed by atoms with Crippen molar-refractivity contribution in [1.29, 1.82) is 0 Å². The Balaban J connectivity index is 2.08. The number of benzene rings is 1. The molecule has 0 aromatic heterocycles. The van der Waals surface area contributed by atoms with E-state index in [1.807, 2.05) is 0 Å². The fourth-order valence-corrected chi connectivity index (χ4v) is 3.59. The van der Waals surface area contributed by atoms with Gasteiger partial charge in [0.2, 0.25) is 10.0 Å². The third kappa shape index (κ3) is 4.41. The molecular formula is C14H18ClFN2O4S. The van der Waals surface area contributed by atoms with Gasteiger partial charge in [0.1, 0.15) is 5.82 Å². The Labute approximate surface area is 139 Å². The topological polar surface area (TPSA) is 75.7 Å². The number of carbonyl (C=O) groups excluding carboxylic acids is 1. The maximum atomic E-state index is 13.8. The van der Waals surface area contributed by atoms with Crippen molar-refractivity contribution in [2.24, 2.45) is 5.92 Å². The lowest BCUT2D eigenvalue weighted by Crippen LogP contribution is -2.43. The molecule has 1 aromatic carbocycles. The smallest absolute Gasteiger partial charge is 0.254 e. The lowest BCUT2D eigenvalue weighted by atomic mass is 10.1. The molecule has 1 aliphatic rings. The van der Waals surface area contributed by atoms with Crippen LogP contribution in [-0.4, -0.2) is 57.7 Å². The third-order valence-corrected chi connectivity index (χ3v) is 5.87. The summed E-state index contributed by atoms with van der Waals surface area (Å²) >= 11 is 5.65. The molecule has 0 saturated carbocycles. The molecule has 0 unspecified atom stereocenters. The first-order valence-corrected chi connectivity index (χ1v) is 8.93. The van der Waals surface area contributed by atoms with E-state index in [1.165, 1.54) is 26.2 Å². The number of rotatable bonds is 5. The van der Waals surface area contributed by atoms with Crippen molar-refractivity contribution in [2.75, 3.05) is 33.1 Å². The van der Waals surface area contributed by atoms with Crippen LogP contribution >= 0.6 is 11.6 Å². The van der Waals surface area contributed by atoms with Crippen LogP contribution in [0.1, 0.15) is 10.4 Å². The van der Waals surface area contributed by atoms with Gasteiger partial charge in [-0.3, -0.25) is 4.79 Å². The Bertz CT molecular complexity index is 696. The van der Waals surface area contributed by atoms with Gasteiger partial charge in [0.05, 0.1) is 30.6 Å². The van der Waals surface area contributed by atoms with Gasteiger partial charge in [-0.25, -0.2) is 17.1 Å². The van der Waals surface area contributed by atoms with Gasteiger partial charge in [0.25, 0.3) is 5.91 Å². The molecule has 23 heavy (non-hydrogen) atoms. The number of halogens is 2. The zero-order valence-electron chi connectivity index (χ0n) is 12.8. The van der Waals surface area contributed by atoms with Crippen LogP contribution in [0.25, 0.3) is 0 Å². The Morgan fingerprint density at radius 3 is 2.74 bits per heavy atom. The average Bonchev–Trinajstić information content (AvgIpc) is 2.84.